The molecule has 2 aliphatic rings. The molecule has 17 heavy (non-hydrogen) atoms. The van der Waals surface area contributed by atoms with Crippen molar-refractivity contribution >= 4 is 6.08 Å². The van der Waals surface area contributed by atoms with Crippen LogP contribution in [-0.4, -0.2) is 18.0 Å². The molecule has 0 aromatic heterocycles. The van der Waals surface area contributed by atoms with Crippen molar-refractivity contribution in [1.29, 1.82) is 0 Å². The number of aromatic hydroxyl groups is 1. The topological polar surface area (TPSA) is 68.1 Å². The lowest BCUT2D eigenvalue weighted by Crippen LogP contribution is -2.06. The summed E-state index contributed by atoms with van der Waals surface area (Å²) < 4.78 is 23.8. The van der Waals surface area contributed by atoms with Crippen LogP contribution in [0.3, 0.4) is 0 Å². The molecule has 0 unspecified atom stereocenters. The van der Waals surface area contributed by atoms with Crippen molar-refractivity contribution in [2.24, 2.45) is 4.99 Å². The quantitative estimate of drug-likeness (QED) is 0.626. The molecule has 1 aromatic rings. The zero-order chi connectivity index (χ0) is 12.0. The summed E-state index contributed by atoms with van der Waals surface area (Å²) in [4.78, 5) is 14.0. The molecule has 1 saturated carbocycles. The van der Waals surface area contributed by atoms with Gasteiger partial charge in [-0.3, -0.25) is 0 Å². The number of hydrogen-bond acceptors (Lipinski definition) is 5. The predicted molar refractivity (Wildman–Crippen MR) is 53.2 cm³/mol. The fraction of sp³-hybridized carbons (Fsp3) is 0.364. The second kappa shape index (κ2) is 3.21. The number of rotatable bonds is 2. The van der Waals surface area contributed by atoms with Gasteiger partial charge in [0.15, 0.2) is 23.1 Å². The maximum Gasteiger partial charge on any atom is 0.235 e. The average Bonchev–Trinajstić information content (AvgIpc) is 2.91. The van der Waals surface area contributed by atoms with E-state index in [1.807, 2.05) is 0 Å². The molecular formula is C11H8FNO4. The second-order valence-electron chi connectivity index (χ2n) is 4.05. The maximum atomic E-state index is 13.5. The van der Waals surface area contributed by atoms with Gasteiger partial charge >= 0.3 is 0 Å². The van der Waals surface area contributed by atoms with Gasteiger partial charge in [0.05, 0.1) is 5.56 Å². The summed E-state index contributed by atoms with van der Waals surface area (Å²) in [5, 5.41) is 9.76. The Bertz CT molecular complexity index is 547. The third-order valence-electron chi connectivity index (χ3n) is 3.04. The van der Waals surface area contributed by atoms with Crippen molar-refractivity contribution in [2.75, 3.05) is 6.79 Å². The molecule has 6 heteroatoms. The Morgan fingerprint density at radius 3 is 2.88 bits per heavy atom. The number of phenolic OH excluding ortho intramolecular Hbond substituents is 1. The number of nitrogens with zero attached hydrogens (tertiary/aromatic N) is 1. The lowest BCUT2D eigenvalue weighted by molar-refractivity contribution is 0.172. The largest absolute Gasteiger partial charge is 0.504 e. The molecule has 0 amide bonds. The minimum atomic E-state index is -0.897. The molecule has 0 saturated heterocycles. The minimum absolute atomic E-state index is 0.0356. The van der Waals surface area contributed by atoms with Crippen molar-refractivity contribution in [1.82, 2.24) is 0 Å². The van der Waals surface area contributed by atoms with E-state index in [1.165, 1.54) is 6.08 Å². The molecular weight excluding hydrogens is 229 g/mol. The number of ether oxygens (including phenoxy) is 2. The Morgan fingerprint density at radius 1 is 1.47 bits per heavy atom. The van der Waals surface area contributed by atoms with E-state index in [0.717, 1.165) is 6.07 Å². The minimum Gasteiger partial charge on any atom is -0.504 e. The third-order valence-corrected chi connectivity index (χ3v) is 3.04. The molecule has 0 atom stereocenters. The van der Waals surface area contributed by atoms with Crippen molar-refractivity contribution in [2.45, 2.75) is 18.4 Å². The van der Waals surface area contributed by atoms with E-state index >= 15 is 0 Å². The van der Waals surface area contributed by atoms with Crippen molar-refractivity contribution < 1.29 is 23.8 Å². The van der Waals surface area contributed by atoms with Gasteiger partial charge in [-0.1, -0.05) is 0 Å². The molecule has 0 spiro atoms. The molecule has 5 nitrogen and oxygen atoms in total. The highest BCUT2D eigenvalue weighted by molar-refractivity contribution is 5.61. The number of phenols is 1. The Balaban J connectivity index is 2.25. The molecule has 0 radical (unpaired) electrons. The molecule has 1 aliphatic heterocycles. The van der Waals surface area contributed by atoms with E-state index in [9.17, 15) is 14.3 Å². The summed E-state index contributed by atoms with van der Waals surface area (Å²) in [6, 6.07) is 1.06. The zero-order valence-electron chi connectivity index (χ0n) is 8.70. The van der Waals surface area contributed by atoms with Crippen LogP contribution in [0.25, 0.3) is 0 Å². The smallest absolute Gasteiger partial charge is 0.235 e. The van der Waals surface area contributed by atoms with Crippen LogP contribution in [0, 0.1) is 5.82 Å². The summed E-state index contributed by atoms with van der Waals surface area (Å²) in [5.74, 6) is -0.856. The van der Waals surface area contributed by atoms with E-state index < -0.39 is 17.1 Å². The van der Waals surface area contributed by atoms with E-state index in [4.69, 9.17) is 9.47 Å². The zero-order valence-corrected chi connectivity index (χ0v) is 8.70. The Kier molecular flexibility index (Phi) is 1.91. The fourth-order valence-electron chi connectivity index (χ4n) is 2.06. The molecule has 1 N–H and O–H groups in total. The number of aliphatic imine (C=N–C) groups is 1. The number of benzene rings is 1. The molecule has 3 rings (SSSR count). The van der Waals surface area contributed by atoms with E-state index in [1.54, 1.807) is 0 Å². The number of fused-ring (bicyclic) bond motifs is 1. The van der Waals surface area contributed by atoms with Gasteiger partial charge < -0.3 is 14.6 Å². The van der Waals surface area contributed by atoms with Crippen LogP contribution in [0.1, 0.15) is 18.4 Å². The van der Waals surface area contributed by atoms with Crippen LogP contribution in [0.2, 0.25) is 0 Å². The standard InChI is InChI=1S/C11H8FNO4/c12-6-3-7-10(17-5-16-7)8(9(6)15)11(1-2-11)13-4-14/h3,15H,1-2,5H2. The highest BCUT2D eigenvalue weighted by atomic mass is 19.1. The van der Waals surface area contributed by atoms with Gasteiger partial charge in [-0.15, -0.1) is 0 Å². The van der Waals surface area contributed by atoms with Crippen LogP contribution >= 0.6 is 0 Å². The number of isocyanates is 1. The highest BCUT2D eigenvalue weighted by Crippen LogP contribution is 2.58. The van der Waals surface area contributed by atoms with Crippen molar-refractivity contribution in [3.05, 3.63) is 17.4 Å². The molecule has 0 bridgehead atoms. The Labute approximate surface area is 95.5 Å². The first-order valence-electron chi connectivity index (χ1n) is 5.08. The first kappa shape index (κ1) is 10.1. The lowest BCUT2D eigenvalue weighted by Gasteiger charge is -2.13. The number of carbonyl (C=O) groups excluding carboxylic acids is 1. The van der Waals surface area contributed by atoms with Gasteiger partial charge in [-0.25, -0.2) is 9.18 Å². The first-order chi connectivity index (χ1) is 8.18. The number of hydrogen-bond donors (Lipinski definition) is 1. The molecule has 1 aliphatic carbocycles. The van der Waals surface area contributed by atoms with E-state index in [0.29, 0.717) is 12.8 Å². The number of halogens is 1. The van der Waals surface area contributed by atoms with Gasteiger partial charge in [-0.2, -0.15) is 4.99 Å². The van der Waals surface area contributed by atoms with Gasteiger partial charge in [0, 0.05) is 6.07 Å². The van der Waals surface area contributed by atoms with Crippen molar-refractivity contribution in [3.63, 3.8) is 0 Å². The van der Waals surface area contributed by atoms with Gasteiger partial charge in [-0.05, 0) is 12.8 Å². The van der Waals surface area contributed by atoms with E-state index in [2.05, 4.69) is 4.99 Å². The third kappa shape index (κ3) is 1.31. The second-order valence-corrected chi connectivity index (χ2v) is 4.05. The lowest BCUT2D eigenvalue weighted by atomic mass is 10.0. The molecule has 1 aromatic carbocycles. The van der Waals surface area contributed by atoms with Gasteiger partial charge in [0.25, 0.3) is 0 Å². The molecule has 1 heterocycles. The summed E-state index contributed by atoms with van der Waals surface area (Å²) >= 11 is 0. The first-order valence-corrected chi connectivity index (χ1v) is 5.08. The summed E-state index contributed by atoms with van der Waals surface area (Å²) in [6.07, 6.45) is 2.55. The summed E-state index contributed by atoms with van der Waals surface area (Å²) in [6.45, 7) is -0.0356. The SMILES string of the molecule is O=C=NC1(c2c(O)c(F)cc3c2OCO3)CC1. The van der Waals surface area contributed by atoms with Gasteiger partial charge in [0.2, 0.25) is 12.9 Å². The maximum absolute atomic E-state index is 13.5. The Morgan fingerprint density at radius 2 is 2.24 bits per heavy atom. The van der Waals surface area contributed by atoms with Crippen LogP contribution < -0.4 is 9.47 Å². The van der Waals surface area contributed by atoms with Crippen molar-refractivity contribution in [3.8, 4) is 17.2 Å². The van der Waals surface area contributed by atoms with Crippen LogP contribution in [0.4, 0.5) is 4.39 Å². The average molecular weight is 237 g/mol. The predicted octanol–water partition coefficient (Wildman–Crippen LogP) is 1.58. The van der Waals surface area contributed by atoms with Gasteiger partial charge in [0.1, 0.15) is 5.54 Å². The van der Waals surface area contributed by atoms with Crippen LogP contribution in [0.15, 0.2) is 11.1 Å². The summed E-state index contributed by atoms with van der Waals surface area (Å²) in [7, 11) is 0. The monoisotopic (exact) mass is 237 g/mol. The fourth-order valence-corrected chi connectivity index (χ4v) is 2.06. The normalized spacial score (nSPS) is 18.6. The molecule has 1 fully saturated rings. The molecule has 88 valence electrons. The summed E-state index contributed by atoms with van der Waals surface area (Å²) in [5.41, 5.74) is -0.709. The Hall–Kier alpha value is -2.07. The van der Waals surface area contributed by atoms with Crippen LogP contribution in [-0.2, 0) is 10.3 Å². The van der Waals surface area contributed by atoms with E-state index in [-0.39, 0.29) is 23.9 Å². The van der Waals surface area contributed by atoms with Crippen LogP contribution in [0.5, 0.6) is 17.2 Å². The highest BCUT2D eigenvalue weighted by Gasteiger charge is 2.51.